The molecule has 0 aliphatic carbocycles. The van der Waals surface area contributed by atoms with Gasteiger partial charge >= 0.3 is 0 Å². The number of hydrogen-bond donors (Lipinski definition) is 0. The Morgan fingerprint density at radius 1 is 1.04 bits per heavy atom. The quantitative estimate of drug-likeness (QED) is 0.682. The van der Waals surface area contributed by atoms with Crippen LogP contribution in [0.3, 0.4) is 0 Å². The minimum Gasteiger partial charge on any atom is -0.484 e. The Morgan fingerprint density at radius 2 is 1.87 bits per heavy atom. The fourth-order valence-corrected chi connectivity index (χ4v) is 2.32. The van der Waals surface area contributed by atoms with Crippen LogP contribution in [0.5, 0.6) is 5.75 Å². The first kappa shape index (κ1) is 15.3. The average Bonchev–Trinajstić information content (AvgIpc) is 3.02. The molecule has 0 unspecified atom stereocenters. The maximum absolute atomic E-state index is 5.76. The van der Waals surface area contributed by atoms with Gasteiger partial charge in [-0.15, -0.1) is 10.2 Å². The molecular weight excluding hydrogens is 288 g/mol. The zero-order valence-corrected chi connectivity index (χ0v) is 13.6. The molecule has 118 valence electrons. The highest BCUT2D eigenvalue weighted by Gasteiger charge is 2.09. The molecule has 0 amide bonds. The molecule has 0 saturated carbocycles. The maximum Gasteiger partial charge on any atom is 0.254 e. The number of benzene rings is 2. The first-order chi connectivity index (χ1) is 11.1. The Kier molecular flexibility index (Phi) is 4.42. The molecule has 1 heterocycles. The maximum atomic E-state index is 5.76. The number of hydrogen-bond acceptors (Lipinski definition) is 4. The van der Waals surface area contributed by atoms with Crippen LogP contribution in [-0.4, -0.2) is 10.2 Å². The largest absolute Gasteiger partial charge is 0.484 e. The van der Waals surface area contributed by atoms with Crippen LogP contribution < -0.4 is 4.74 Å². The fraction of sp³-hybridized carbons (Fsp3) is 0.263. The summed E-state index contributed by atoms with van der Waals surface area (Å²) in [4.78, 5) is 0. The Labute approximate surface area is 136 Å². The summed E-state index contributed by atoms with van der Waals surface area (Å²) in [6.45, 7) is 6.61. The second kappa shape index (κ2) is 6.65. The lowest BCUT2D eigenvalue weighted by atomic mass is 10.0. The molecule has 0 bridgehead atoms. The third-order valence-electron chi connectivity index (χ3n) is 3.62. The van der Waals surface area contributed by atoms with E-state index in [4.69, 9.17) is 9.15 Å². The van der Waals surface area contributed by atoms with Crippen LogP contribution in [0, 0.1) is 6.92 Å². The molecule has 0 atom stereocenters. The first-order valence-electron chi connectivity index (χ1n) is 7.74. The minimum absolute atomic E-state index is 0.264. The number of ether oxygens (including phenoxy) is 1. The summed E-state index contributed by atoms with van der Waals surface area (Å²) in [5.41, 5.74) is 3.32. The Balaban J connectivity index is 1.69. The first-order valence-corrected chi connectivity index (χ1v) is 7.74. The van der Waals surface area contributed by atoms with Crippen molar-refractivity contribution in [1.82, 2.24) is 10.2 Å². The number of rotatable bonds is 5. The van der Waals surface area contributed by atoms with Crippen LogP contribution in [0.1, 0.15) is 36.8 Å². The predicted octanol–water partition coefficient (Wildman–Crippen LogP) is 4.75. The zero-order valence-electron chi connectivity index (χ0n) is 13.6. The number of aromatic nitrogens is 2. The van der Waals surface area contributed by atoms with E-state index in [1.165, 1.54) is 5.56 Å². The molecule has 4 heteroatoms. The molecule has 0 aliphatic rings. The molecule has 4 nitrogen and oxygen atoms in total. The van der Waals surface area contributed by atoms with Crippen molar-refractivity contribution >= 4 is 0 Å². The highest BCUT2D eigenvalue weighted by atomic mass is 16.5. The highest BCUT2D eigenvalue weighted by Crippen LogP contribution is 2.22. The van der Waals surface area contributed by atoms with Crippen LogP contribution in [0.2, 0.25) is 0 Å². The van der Waals surface area contributed by atoms with Crippen molar-refractivity contribution in [1.29, 1.82) is 0 Å². The number of nitrogens with zero attached hydrogens (tertiary/aromatic N) is 2. The topological polar surface area (TPSA) is 48.2 Å². The van der Waals surface area contributed by atoms with Crippen LogP contribution >= 0.6 is 0 Å². The summed E-state index contributed by atoms with van der Waals surface area (Å²) in [5.74, 6) is 2.26. The standard InChI is InChI=1S/C19H20N2O2/c1-13(2)15-7-5-9-17(11-15)22-12-18-20-21-19(23-18)16-8-4-6-14(3)10-16/h4-11,13H,12H2,1-3H3. The lowest BCUT2D eigenvalue weighted by molar-refractivity contribution is 0.264. The van der Waals surface area contributed by atoms with Crippen molar-refractivity contribution in [3.8, 4) is 17.2 Å². The van der Waals surface area contributed by atoms with Gasteiger partial charge in [-0.25, -0.2) is 0 Å². The van der Waals surface area contributed by atoms with Gasteiger partial charge in [-0.05, 0) is 42.7 Å². The Morgan fingerprint density at radius 3 is 2.65 bits per heavy atom. The molecule has 0 saturated heterocycles. The summed E-state index contributed by atoms with van der Waals surface area (Å²) in [6.07, 6.45) is 0. The molecule has 0 aliphatic heterocycles. The van der Waals surface area contributed by atoms with E-state index >= 15 is 0 Å². The van der Waals surface area contributed by atoms with E-state index in [0.29, 0.717) is 17.7 Å². The smallest absolute Gasteiger partial charge is 0.254 e. The van der Waals surface area contributed by atoms with Gasteiger partial charge in [0.1, 0.15) is 5.75 Å². The van der Waals surface area contributed by atoms with Gasteiger partial charge in [0.2, 0.25) is 5.89 Å². The monoisotopic (exact) mass is 308 g/mol. The van der Waals surface area contributed by atoms with Gasteiger partial charge in [-0.2, -0.15) is 0 Å². The van der Waals surface area contributed by atoms with Crippen molar-refractivity contribution < 1.29 is 9.15 Å². The van der Waals surface area contributed by atoms with Crippen LogP contribution in [0.25, 0.3) is 11.5 Å². The van der Waals surface area contributed by atoms with Crippen molar-refractivity contribution in [3.05, 3.63) is 65.5 Å². The third-order valence-corrected chi connectivity index (χ3v) is 3.62. The normalized spacial score (nSPS) is 11.0. The van der Waals surface area contributed by atoms with Crippen molar-refractivity contribution in [2.45, 2.75) is 33.3 Å². The average molecular weight is 308 g/mol. The van der Waals surface area contributed by atoms with Gasteiger partial charge in [-0.3, -0.25) is 0 Å². The molecule has 2 aromatic carbocycles. The molecule has 23 heavy (non-hydrogen) atoms. The molecule has 0 N–H and O–H groups in total. The van der Waals surface area contributed by atoms with E-state index in [2.05, 4.69) is 30.1 Å². The summed E-state index contributed by atoms with van der Waals surface area (Å²) < 4.78 is 11.4. The minimum atomic E-state index is 0.264. The Hall–Kier alpha value is -2.62. The lowest BCUT2D eigenvalue weighted by Gasteiger charge is -2.08. The predicted molar refractivity (Wildman–Crippen MR) is 89.3 cm³/mol. The van der Waals surface area contributed by atoms with E-state index in [1.807, 2.05) is 49.4 Å². The van der Waals surface area contributed by atoms with E-state index in [1.54, 1.807) is 0 Å². The van der Waals surface area contributed by atoms with Gasteiger partial charge in [0.15, 0.2) is 6.61 Å². The number of aryl methyl sites for hydroxylation is 1. The highest BCUT2D eigenvalue weighted by molar-refractivity contribution is 5.53. The van der Waals surface area contributed by atoms with Crippen molar-refractivity contribution in [3.63, 3.8) is 0 Å². The molecule has 1 aromatic heterocycles. The van der Waals surface area contributed by atoms with E-state index in [9.17, 15) is 0 Å². The lowest BCUT2D eigenvalue weighted by Crippen LogP contribution is -1.97. The SMILES string of the molecule is Cc1cccc(-c2nnc(COc3cccc(C(C)C)c3)o2)c1. The molecular formula is C19H20N2O2. The van der Waals surface area contributed by atoms with E-state index in [-0.39, 0.29) is 6.61 Å². The molecule has 0 spiro atoms. The van der Waals surface area contributed by atoms with Gasteiger partial charge < -0.3 is 9.15 Å². The van der Waals surface area contributed by atoms with Crippen molar-refractivity contribution in [2.24, 2.45) is 0 Å². The van der Waals surface area contributed by atoms with Gasteiger partial charge in [-0.1, -0.05) is 43.7 Å². The van der Waals surface area contributed by atoms with Crippen molar-refractivity contribution in [2.75, 3.05) is 0 Å². The zero-order chi connectivity index (χ0) is 16.2. The van der Waals surface area contributed by atoms with Gasteiger partial charge in [0, 0.05) is 5.56 Å². The molecule has 0 radical (unpaired) electrons. The third kappa shape index (κ3) is 3.77. The molecule has 3 aromatic rings. The summed E-state index contributed by atoms with van der Waals surface area (Å²) in [5, 5.41) is 8.14. The van der Waals surface area contributed by atoms with E-state index < -0.39 is 0 Å². The Bertz CT molecular complexity index is 793. The van der Waals surface area contributed by atoms with Crippen LogP contribution in [-0.2, 0) is 6.61 Å². The summed E-state index contributed by atoms with van der Waals surface area (Å²) in [7, 11) is 0. The molecule has 3 rings (SSSR count). The second-order valence-electron chi connectivity index (χ2n) is 5.89. The summed E-state index contributed by atoms with van der Waals surface area (Å²) >= 11 is 0. The van der Waals surface area contributed by atoms with E-state index in [0.717, 1.165) is 16.9 Å². The molecule has 0 fully saturated rings. The van der Waals surface area contributed by atoms with Gasteiger partial charge in [0.25, 0.3) is 5.89 Å². The van der Waals surface area contributed by atoms with Gasteiger partial charge in [0.05, 0.1) is 0 Å². The van der Waals surface area contributed by atoms with Crippen LogP contribution in [0.4, 0.5) is 0 Å². The van der Waals surface area contributed by atoms with Crippen LogP contribution in [0.15, 0.2) is 52.9 Å². The summed E-state index contributed by atoms with van der Waals surface area (Å²) in [6, 6.07) is 16.1. The second-order valence-corrected chi connectivity index (χ2v) is 5.89. The fourth-order valence-electron chi connectivity index (χ4n) is 2.32.